The maximum atomic E-state index is 5.87. The Morgan fingerprint density at radius 3 is 2.78 bits per heavy atom. The fourth-order valence-electron chi connectivity index (χ4n) is 1.53. The van der Waals surface area contributed by atoms with E-state index in [1.165, 1.54) is 4.88 Å². The molecule has 0 saturated heterocycles. The van der Waals surface area contributed by atoms with Crippen molar-refractivity contribution in [1.29, 1.82) is 0 Å². The molecular formula is C11H14ClN5S. The summed E-state index contributed by atoms with van der Waals surface area (Å²) in [7, 11) is 0. The molecule has 0 fully saturated rings. The Kier molecular flexibility index (Phi) is 4.35. The number of nitrogens with zero attached hydrogens (tertiary/aromatic N) is 2. The lowest BCUT2D eigenvalue weighted by atomic mass is 10.3. The Balaban J connectivity index is 1.91. The second-order valence-electron chi connectivity index (χ2n) is 3.71. The summed E-state index contributed by atoms with van der Waals surface area (Å²) in [6, 6.07) is 5.72. The highest BCUT2D eigenvalue weighted by molar-refractivity contribution is 7.16. The molecule has 0 saturated carbocycles. The molecule has 0 aliphatic heterocycles. The van der Waals surface area contributed by atoms with E-state index >= 15 is 0 Å². The minimum Gasteiger partial charge on any atom is -0.370 e. The fraction of sp³-hybridized carbons (Fsp3) is 0.273. The van der Waals surface area contributed by atoms with E-state index < -0.39 is 0 Å². The van der Waals surface area contributed by atoms with E-state index in [1.807, 2.05) is 19.1 Å². The van der Waals surface area contributed by atoms with Crippen molar-refractivity contribution in [3.05, 3.63) is 33.2 Å². The van der Waals surface area contributed by atoms with Crippen molar-refractivity contribution >= 4 is 34.6 Å². The first-order valence-corrected chi connectivity index (χ1v) is 6.67. The first-order valence-electron chi connectivity index (χ1n) is 5.48. The number of hydrogen-bond acceptors (Lipinski definition) is 6. The lowest BCUT2D eigenvalue weighted by Gasteiger charge is -2.07. The highest BCUT2D eigenvalue weighted by Gasteiger charge is 2.01. The number of rotatable bonds is 5. The van der Waals surface area contributed by atoms with E-state index in [0.717, 1.165) is 23.1 Å². The van der Waals surface area contributed by atoms with Gasteiger partial charge in [-0.15, -0.1) is 11.3 Å². The molecule has 0 aromatic carbocycles. The number of hydrogen-bond donors (Lipinski definition) is 3. The highest BCUT2D eigenvalue weighted by Crippen LogP contribution is 2.21. The van der Waals surface area contributed by atoms with Crippen LogP contribution in [0.15, 0.2) is 18.2 Å². The number of thiophene rings is 1. The third-order valence-electron chi connectivity index (χ3n) is 2.29. The summed E-state index contributed by atoms with van der Waals surface area (Å²) < 4.78 is 0.817. The smallest absolute Gasteiger partial charge is 0.145 e. The van der Waals surface area contributed by atoms with Crippen LogP contribution < -0.4 is 16.6 Å². The molecule has 0 spiro atoms. The van der Waals surface area contributed by atoms with Crippen LogP contribution in [0, 0.1) is 6.92 Å². The topological polar surface area (TPSA) is 75.9 Å². The van der Waals surface area contributed by atoms with Crippen LogP contribution >= 0.6 is 22.9 Å². The predicted octanol–water partition coefficient (Wildman–Crippen LogP) is 2.44. The average Bonchev–Trinajstić information content (AvgIpc) is 2.74. The molecule has 2 aromatic rings. The lowest BCUT2D eigenvalue weighted by molar-refractivity contribution is 0.991. The fourth-order valence-corrected chi connectivity index (χ4v) is 2.62. The SMILES string of the molecule is Cc1nc(NN)cc(NCCc2ccc(Cl)s2)n1. The van der Waals surface area contributed by atoms with Crippen LogP contribution in [0.5, 0.6) is 0 Å². The van der Waals surface area contributed by atoms with Gasteiger partial charge in [-0.3, -0.25) is 0 Å². The van der Waals surface area contributed by atoms with Crippen LogP contribution in [0.25, 0.3) is 0 Å². The van der Waals surface area contributed by atoms with Gasteiger partial charge in [0, 0.05) is 17.5 Å². The van der Waals surface area contributed by atoms with Gasteiger partial charge in [0.05, 0.1) is 4.34 Å². The van der Waals surface area contributed by atoms with Crippen molar-refractivity contribution in [2.24, 2.45) is 5.84 Å². The molecule has 0 unspecified atom stereocenters. The third-order valence-corrected chi connectivity index (χ3v) is 3.58. The zero-order valence-corrected chi connectivity index (χ0v) is 11.5. The molecule has 2 rings (SSSR count). The van der Waals surface area contributed by atoms with Gasteiger partial charge in [-0.2, -0.15) is 0 Å². The standard InChI is InChI=1S/C11H14ClN5S/c1-7-15-10(6-11(16-7)17-13)14-5-4-8-2-3-9(12)18-8/h2-3,6H,4-5,13H2,1H3,(H2,14,15,16,17). The molecule has 4 N–H and O–H groups in total. The van der Waals surface area contributed by atoms with Gasteiger partial charge in [0.1, 0.15) is 17.5 Å². The van der Waals surface area contributed by atoms with Gasteiger partial charge in [-0.1, -0.05) is 11.6 Å². The summed E-state index contributed by atoms with van der Waals surface area (Å²) in [5.41, 5.74) is 2.51. The third kappa shape index (κ3) is 3.56. The highest BCUT2D eigenvalue weighted by atomic mass is 35.5. The van der Waals surface area contributed by atoms with Crippen LogP contribution in [0.3, 0.4) is 0 Å². The van der Waals surface area contributed by atoms with Gasteiger partial charge in [0.2, 0.25) is 0 Å². The summed E-state index contributed by atoms with van der Waals surface area (Å²) in [6.07, 6.45) is 0.909. The Labute approximate surface area is 114 Å². The van der Waals surface area contributed by atoms with E-state index in [0.29, 0.717) is 11.6 Å². The van der Waals surface area contributed by atoms with E-state index in [2.05, 4.69) is 20.7 Å². The van der Waals surface area contributed by atoms with Crippen LogP contribution in [0.1, 0.15) is 10.7 Å². The molecule has 0 bridgehead atoms. The van der Waals surface area contributed by atoms with Crippen molar-refractivity contribution in [3.8, 4) is 0 Å². The summed E-state index contributed by atoms with van der Waals surface area (Å²) in [4.78, 5) is 9.64. The minimum absolute atomic E-state index is 0.601. The van der Waals surface area contributed by atoms with Gasteiger partial charge in [0.15, 0.2) is 0 Å². The van der Waals surface area contributed by atoms with E-state index in [9.17, 15) is 0 Å². The maximum absolute atomic E-state index is 5.87. The van der Waals surface area contributed by atoms with Gasteiger partial charge in [-0.05, 0) is 25.5 Å². The summed E-state index contributed by atoms with van der Waals surface area (Å²) in [5.74, 6) is 7.37. The molecule has 2 aromatic heterocycles. The van der Waals surface area contributed by atoms with Gasteiger partial charge < -0.3 is 10.7 Å². The Bertz CT molecular complexity index is 528. The van der Waals surface area contributed by atoms with Crippen molar-refractivity contribution in [3.63, 3.8) is 0 Å². The van der Waals surface area contributed by atoms with Gasteiger partial charge in [0.25, 0.3) is 0 Å². The molecule has 0 atom stereocenters. The van der Waals surface area contributed by atoms with Crippen LogP contribution in [-0.2, 0) is 6.42 Å². The molecule has 0 radical (unpaired) electrons. The summed E-state index contributed by atoms with van der Waals surface area (Å²) >= 11 is 7.47. The van der Waals surface area contributed by atoms with Crippen molar-refractivity contribution in [2.45, 2.75) is 13.3 Å². The second kappa shape index (κ2) is 5.99. The van der Waals surface area contributed by atoms with Crippen molar-refractivity contribution < 1.29 is 0 Å². The Morgan fingerprint density at radius 2 is 2.11 bits per heavy atom. The predicted molar refractivity (Wildman–Crippen MR) is 76.1 cm³/mol. The number of nitrogen functional groups attached to an aromatic ring is 1. The van der Waals surface area contributed by atoms with Gasteiger partial charge in [-0.25, -0.2) is 15.8 Å². The largest absolute Gasteiger partial charge is 0.370 e. The number of nitrogens with two attached hydrogens (primary N) is 1. The van der Waals surface area contributed by atoms with Crippen molar-refractivity contribution in [1.82, 2.24) is 9.97 Å². The lowest BCUT2D eigenvalue weighted by Crippen LogP contribution is -2.12. The Hall–Kier alpha value is -1.37. The molecule has 2 heterocycles. The van der Waals surface area contributed by atoms with E-state index in [1.54, 1.807) is 17.4 Å². The van der Waals surface area contributed by atoms with E-state index in [4.69, 9.17) is 17.4 Å². The number of hydrazine groups is 1. The number of aryl methyl sites for hydroxylation is 1. The molecule has 0 aliphatic rings. The van der Waals surface area contributed by atoms with Crippen LogP contribution in [0.4, 0.5) is 11.6 Å². The average molecular weight is 284 g/mol. The molecule has 0 aliphatic carbocycles. The normalized spacial score (nSPS) is 10.4. The zero-order chi connectivity index (χ0) is 13.0. The molecule has 5 nitrogen and oxygen atoms in total. The van der Waals surface area contributed by atoms with Crippen LogP contribution in [-0.4, -0.2) is 16.5 Å². The quantitative estimate of drug-likeness (QED) is 0.580. The second-order valence-corrected chi connectivity index (χ2v) is 5.51. The maximum Gasteiger partial charge on any atom is 0.145 e. The minimum atomic E-state index is 0.601. The first kappa shape index (κ1) is 13.1. The molecule has 0 amide bonds. The number of anilines is 2. The summed E-state index contributed by atoms with van der Waals surface area (Å²) in [5, 5.41) is 3.23. The van der Waals surface area contributed by atoms with Crippen molar-refractivity contribution in [2.75, 3.05) is 17.3 Å². The first-order chi connectivity index (χ1) is 8.67. The molecule has 96 valence electrons. The monoisotopic (exact) mass is 283 g/mol. The Morgan fingerprint density at radius 1 is 1.33 bits per heavy atom. The number of halogens is 1. The molecular weight excluding hydrogens is 270 g/mol. The van der Waals surface area contributed by atoms with E-state index in [-0.39, 0.29) is 0 Å². The molecule has 7 heteroatoms. The number of aromatic nitrogens is 2. The zero-order valence-electron chi connectivity index (χ0n) is 9.90. The number of nitrogens with one attached hydrogen (secondary N) is 2. The van der Waals surface area contributed by atoms with Crippen LogP contribution in [0.2, 0.25) is 4.34 Å². The summed E-state index contributed by atoms with van der Waals surface area (Å²) in [6.45, 7) is 2.61. The van der Waals surface area contributed by atoms with Gasteiger partial charge >= 0.3 is 0 Å². The molecule has 18 heavy (non-hydrogen) atoms.